The van der Waals surface area contributed by atoms with Crippen molar-refractivity contribution in [3.63, 3.8) is 0 Å². The van der Waals surface area contributed by atoms with Crippen LogP contribution in [-0.2, 0) is 4.79 Å². The number of carbonyl (C=O) groups is 1. The molecule has 0 atom stereocenters. The Balaban J connectivity index is 1.78. The van der Waals surface area contributed by atoms with E-state index in [4.69, 9.17) is 4.74 Å². The van der Waals surface area contributed by atoms with Crippen molar-refractivity contribution >= 4 is 23.0 Å². The van der Waals surface area contributed by atoms with E-state index in [2.05, 4.69) is 10.6 Å². The van der Waals surface area contributed by atoms with Crippen LogP contribution < -0.4 is 20.3 Å². The molecule has 0 bridgehead atoms. The summed E-state index contributed by atoms with van der Waals surface area (Å²) in [6.45, 7) is 0.564. The Bertz CT molecular complexity index is 639. The van der Waals surface area contributed by atoms with Crippen molar-refractivity contribution in [3.8, 4) is 5.75 Å². The fraction of sp³-hybridized carbons (Fsp3) is 0.278. The van der Waals surface area contributed by atoms with Gasteiger partial charge in [0.05, 0.1) is 7.11 Å². The topological polar surface area (TPSA) is 53.6 Å². The van der Waals surface area contributed by atoms with Crippen LogP contribution >= 0.6 is 0 Å². The van der Waals surface area contributed by atoms with E-state index in [0.29, 0.717) is 13.0 Å². The maximum atomic E-state index is 12.0. The molecular weight excluding hydrogens is 290 g/mol. The lowest BCUT2D eigenvalue weighted by Crippen LogP contribution is -2.16. The molecule has 0 fully saturated rings. The van der Waals surface area contributed by atoms with Crippen LogP contribution in [0.4, 0.5) is 17.1 Å². The minimum absolute atomic E-state index is 0.0157. The highest BCUT2D eigenvalue weighted by atomic mass is 16.5. The van der Waals surface area contributed by atoms with Crippen molar-refractivity contribution in [2.75, 3.05) is 43.3 Å². The molecule has 122 valence electrons. The van der Waals surface area contributed by atoms with Crippen LogP contribution in [0.15, 0.2) is 48.5 Å². The second kappa shape index (κ2) is 8.08. The SMILES string of the molecule is COc1cccc(NCCC(=O)Nc2ccc(N(C)C)cc2)c1. The first kappa shape index (κ1) is 16.7. The van der Waals surface area contributed by atoms with Crippen molar-refractivity contribution < 1.29 is 9.53 Å². The van der Waals surface area contributed by atoms with Gasteiger partial charge in [0.15, 0.2) is 0 Å². The quantitative estimate of drug-likeness (QED) is 0.824. The number of anilines is 3. The number of carbonyl (C=O) groups excluding carboxylic acids is 1. The van der Waals surface area contributed by atoms with Crippen LogP contribution in [0.3, 0.4) is 0 Å². The summed E-state index contributed by atoms with van der Waals surface area (Å²) in [4.78, 5) is 14.0. The Kier molecular flexibility index (Phi) is 5.86. The zero-order valence-corrected chi connectivity index (χ0v) is 13.8. The molecule has 0 aliphatic rings. The van der Waals surface area contributed by atoms with Gasteiger partial charge in [-0.05, 0) is 36.4 Å². The minimum Gasteiger partial charge on any atom is -0.497 e. The van der Waals surface area contributed by atoms with Gasteiger partial charge < -0.3 is 20.3 Å². The molecule has 0 unspecified atom stereocenters. The highest BCUT2D eigenvalue weighted by molar-refractivity contribution is 5.91. The van der Waals surface area contributed by atoms with Crippen molar-refractivity contribution in [2.45, 2.75) is 6.42 Å². The Labute approximate surface area is 137 Å². The number of methoxy groups -OCH3 is 1. The Hall–Kier alpha value is -2.69. The second-order valence-corrected chi connectivity index (χ2v) is 5.40. The fourth-order valence-corrected chi connectivity index (χ4v) is 2.12. The number of hydrogen-bond donors (Lipinski definition) is 2. The number of nitrogens with zero attached hydrogens (tertiary/aromatic N) is 1. The summed E-state index contributed by atoms with van der Waals surface area (Å²) in [6.07, 6.45) is 0.395. The van der Waals surface area contributed by atoms with Gasteiger partial charge in [-0.15, -0.1) is 0 Å². The van der Waals surface area contributed by atoms with Crippen molar-refractivity contribution in [1.29, 1.82) is 0 Å². The van der Waals surface area contributed by atoms with Crippen molar-refractivity contribution in [3.05, 3.63) is 48.5 Å². The molecular formula is C18H23N3O2. The summed E-state index contributed by atoms with van der Waals surface area (Å²) in [5, 5.41) is 6.11. The number of amides is 1. The van der Waals surface area contributed by atoms with Crippen LogP contribution in [0.2, 0.25) is 0 Å². The van der Waals surface area contributed by atoms with E-state index in [1.54, 1.807) is 7.11 Å². The molecule has 0 saturated heterocycles. The number of benzene rings is 2. The molecule has 0 aliphatic heterocycles. The smallest absolute Gasteiger partial charge is 0.226 e. The molecule has 0 radical (unpaired) electrons. The lowest BCUT2D eigenvalue weighted by Gasteiger charge is -2.13. The van der Waals surface area contributed by atoms with Gasteiger partial charge in [-0.3, -0.25) is 4.79 Å². The number of ether oxygens (including phenoxy) is 1. The van der Waals surface area contributed by atoms with Gasteiger partial charge in [-0.1, -0.05) is 6.07 Å². The van der Waals surface area contributed by atoms with Gasteiger partial charge in [0.25, 0.3) is 0 Å². The second-order valence-electron chi connectivity index (χ2n) is 5.40. The van der Waals surface area contributed by atoms with E-state index in [9.17, 15) is 4.79 Å². The molecule has 0 spiro atoms. The zero-order valence-electron chi connectivity index (χ0n) is 13.8. The standard InChI is InChI=1S/C18H23N3O2/c1-21(2)16-9-7-14(8-10-16)20-18(22)11-12-19-15-5-4-6-17(13-15)23-3/h4-10,13,19H,11-12H2,1-3H3,(H,20,22). The fourth-order valence-electron chi connectivity index (χ4n) is 2.12. The molecule has 2 rings (SSSR count). The van der Waals surface area contributed by atoms with Crippen molar-refractivity contribution in [2.24, 2.45) is 0 Å². The number of rotatable bonds is 7. The molecule has 23 heavy (non-hydrogen) atoms. The van der Waals surface area contributed by atoms with E-state index in [0.717, 1.165) is 22.8 Å². The largest absolute Gasteiger partial charge is 0.497 e. The third-order valence-corrected chi connectivity index (χ3v) is 3.42. The van der Waals surface area contributed by atoms with E-state index >= 15 is 0 Å². The molecule has 0 aliphatic carbocycles. The van der Waals surface area contributed by atoms with Gasteiger partial charge >= 0.3 is 0 Å². The predicted octanol–water partition coefficient (Wildman–Crippen LogP) is 3.20. The first-order valence-corrected chi connectivity index (χ1v) is 7.53. The average Bonchev–Trinajstić information content (AvgIpc) is 2.55. The van der Waals surface area contributed by atoms with Gasteiger partial charge in [0.1, 0.15) is 5.75 Å². The third kappa shape index (κ3) is 5.21. The zero-order chi connectivity index (χ0) is 16.7. The lowest BCUT2D eigenvalue weighted by atomic mass is 10.2. The van der Waals surface area contributed by atoms with Gasteiger partial charge in [-0.25, -0.2) is 0 Å². The van der Waals surface area contributed by atoms with Crippen LogP contribution in [-0.4, -0.2) is 33.7 Å². The molecule has 2 N–H and O–H groups in total. The summed E-state index contributed by atoms with van der Waals surface area (Å²) in [6, 6.07) is 15.4. The van der Waals surface area contributed by atoms with Crippen LogP contribution in [0.25, 0.3) is 0 Å². The maximum absolute atomic E-state index is 12.0. The number of hydrogen-bond acceptors (Lipinski definition) is 4. The van der Waals surface area contributed by atoms with E-state index < -0.39 is 0 Å². The molecule has 0 saturated carbocycles. The normalized spacial score (nSPS) is 10.0. The van der Waals surface area contributed by atoms with E-state index in [1.165, 1.54) is 0 Å². The Morgan fingerprint density at radius 2 is 1.83 bits per heavy atom. The van der Waals surface area contributed by atoms with Crippen molar-refractivity contribution in [1.82, 2.24) is 0 Å². The highest BCUT2D eigenvalue weighted by Crippen LogP contribution is 2.17. The van der Waals surface area contributed by atoms with E-state index in [1.807, 2.05) is 67.5 Å². The lowest BCUT2D eigenvalue weighted by molar-refractivity contribution is -0.115. The minimum atomic E-state index is -0.0157. The first-order valence-electron chi connectivity index (χ1n) is 7.53. The molecule has 5 heteroatoms. The van der Waals surface area contributed by atoms with E-state index in [-0.39, 0.29) is 5.91 Å². The predicted molar refractivity (Wildman–Crippen MR) is 95.5 cm³/mol. The summed E-state index contributed by atoms with van der Waals surface area (Å²) in [7, 11) is 5.60. The van der Waals surface area contributed by atoms with Crippen LogP contribution in [0.5, 0.6) is 5.75 Å². The first-order chi connectivity index (χ1) is 11.1. The summed E-state index contributed by atoms with van der Waals surface area (Å²) < 4.78 is 5.16. The summed E-state index contributed by atoms with van der Waals surface area (Å²) in [5.41, 5.74) is 2.84. The van der Waals surface area contributed by atoms with Gasteiger partial charge in [-0.2, -0.15) is 0 Å². The molecule has 2 aromatic carbocycles. The highest BCUT2D eigenvalue weighted by Gasteiger charge is 2.03. The molecule has 0 aromatic heterocycles. The molecule has 0 heterocycles. The summed E-state index contributed by atoms with van der Waals surface area (Å²) in [5.74, 6) is 0.776. The molecule has 1 amide bonds. The van der Waals surface area contributed by atoms with Gasteiger partial charge in [0.2, 0.25) is 5.91 Å². The van der Waals surface area contributed by atoms with Crippen LogP contribution in [0, 0.1) is 0 Å². The Morgan fingerprint density at radius 3 is 2.48 bits per heavy atom. The molecule has 5 nitrogen and oxygen atoms in total. The van der Waals surface area contributed by atoms with Gasteiger partial charge in [0, 0.05) is 50.2 Å². The Morgan fingerprint density at radius 1 is 1.09 bits per heavy atom. The summed E-state index contributed by atoms with van der Waals surface area (Å²) >= 11 is 0. The monoisotopic (exact) mass is 313 g/mol. The third-order valence-electron chi connectivity index (χ3n) is 3.42. The number of nitrogens with one attached hydrogen (secondary N) is 2. The van der Waals surface area contributed by atoms with Crippen LogP contribution in [0.1, 0.15) is 6.42 Å². The average molecular weight is 313 g/mol. The maximum Gasteiger partial charge on any atom is 0.226 e. The molecule has 2 aromatic rings.